The summed E-state index contributed by atoms with van der Waals surface area (Å²) in [5.74, 6) is 0.0497. The fourth-order valence-corrected chi connectivity index (χ4v) is 2.63. The van der Waals surface area contributed by atoms with E-state index in [2.05, 4.69) is 19.2 Å². The molecule has 0 saturated carbocycles. The molecule has 0 radical (unpaired) electrons. The second kappa shape index (κ2) is 9.04. The van der Waals surface area contributed by atoms with E-state index in [9.17, 15) is 9.59 Å². The van der Waals surface area contributed by atoms with Crippen molar-refractivity contribution in [1.29, 1.82) is 0 Å². The van der Waals surface area contributed by atoms with E-state index < -0.39 is 12.0 Å². The van der Waals surface area contributed by atoms with Crippen LogP contribution >= 0.6 is 0 Å². The number of amides is 1. The molecule has 138 valence electrons. The number of rotatable bonds is 7. The van der Waals surface area contributed by atoms with Gasteiger partial charge in [0.25, 0.3) is 5.91 Å². The van der Waals surface area contributed by atoms with Crippen LogP contribution in [0.15, 0.2) is 48.5 Å². The molecule has 0 spiro atoms. The molecule has 0 fully saturated rings. The van der Waals surface area contributed by atoms with Crippen LogP contribution < -0.4 is 10.1 Å². The second-order valence-corrected chi connectivity index (χ2v) is 6.42. The Morgan fingerprint density at radius 1 is 1.08 bits per heavy atom. The maximum Gasteiger partial charge on any atom is 0.333 e. The highest BCUT2D eigenvalue weighted by Crippen LogP contribution is 2.27. The van der Waals surface area contributed by atoms with Gasteiger partial charge >= 0.3 is 5.97 Å². The number of aryl methyl sites for hydroxylation is 1. The lowest BCUT2D eigenvalue weighted by Gasteiger charge is -2.18. The van der Waals surface area contributed by atoms with Crippen molar-refractivity contribution >= 4 is 11.9 Å². The van der Waals surface area contributed by atoms with Gasteiger partial charge in [-0.05, 0) is 35.6 Å². The number of benzene rings is 2. The average Bonchev–Trinajstić information content (AvgIpc) is 2.64. The van der Waals surface area contributed by atoms with Crippen LogP contribution in [-0.4, -0.2) is 25.6 Å². The number of esters is 1. The van der Waals surface area contributed by atoms with E-state index in [1.165, 1.54) is 7.11 Å². The minimum Gasteiger partial charge on any atom is -0.483 e. The van der Waals surface area contributed by atoms with Crippen LogP contribution in [0.5, 0.6) is 5.75 Å². The van der Waals surface area contributed by atoms with E-state index in [1.54, 1.807) is 24.3 Å². The van der Waals surface area contributed by atoms with Gasteiger partial charge in [-0.1, -0.05) is 56.3 Å². The molecule has 5 heteroatoms. The minimum absolute atomic E-state index is 0.177. The molecule has 0 saturated heterocycles. The fraction of sp³-hybridized carbons (Fsp3) is 0.333. The van der Waals surface area contributed by atoms with Gasteiger partial charge in [-0.15, -0.1) is 0 Å². The Morgan fingerprint density at radius 3 is 2.38 bits per heavy atom. The minimum atomic E-state index is -0.862. The zero-order valence-corrected chi connectivity index (χ0v) is 15.6. The van der Waals surface area contributed by atoms with E-state index in [0.29, 0.717) is 11.3 Å². The van der Waals surface area contributed by atoms with E-state index in [-0.39, 0.29) is 18.4 Å². The molecule has 0 heterocycles. The third kappa shape index (κ3) is 5.09. The Balaban J connectivity index is 2.07. The molecule has 0 aromatic heterocycles. The Morgan fingerprint density at radius 2 is 1.77 bits per heavy atom. The van der Waals surface area contributed by atoms with Crippen molar-refractivity contribution in [3.8, 4) is 5.75 Å². The summed E-state index contributed by atoms with van der Waals surface area (Å²) in [5.41, 5.74) is 2.75. The van der Waals surface area contributed by atoms with Crippen LogP contribution in [0, 0.1) is 6.92 Å². The SMILES string of the molecule is COC(=O)C(NC(=O)COc1cc(C)ccc1C(C)C)c1ccccc1. The summed E-state index contributed by atoms with van der Waals surface area (Å²) in [5, 5.41) is 2.68. The molecule has 26 heavy (non-hydrogen) atoms. The van der Waals surface area contributed by atoms with Crippen LogP contribution in [0.4, 0.5) is 0 Å². The van der Waals surface area contributed by atoms with E-state index in [0.717, 1.165) is 11.1 Å². The first-order valence-corrected chi connectivity index (χ1v) is 8.58. The average molecular weight is 355 g/mol. The molecule has 0 aliphatic rings. The summed E-state index contributed by atoms with van der Waals surface area (Å²) < 4.78 is 10.5. The highest BCUT2D eigenvalue weighted by molar-refractivity contribution is 5.86. The van der Waals surface area contributed by atoms with Crippen LogP contribution in [0.2, 0.25) is 0 Å². The Labute approximate surface area is 154 Å². The Hall–Kier alpha value is -2.82. The number of ether oxygens (including phenoxy) is 2. The molecule has 1 amide bonds. The smallest absolute Gasteiger partial charge is 0.333 e. The van der Waals surface area contributed by atoms with Gasteiger partial charge in [0.1, 0.15) is 5.75 Å². The van der Waals surface area contributed by atoms with Gasteiger partial charge in [0.2, 0.25) is 0 Å². The van der Waals surface area contributed by atoms with Gasteiger partial charge in [0.15, 0.2) is 12.6 Å². The van der Waals surface area contributed by atoms with Gasteiger partial charge in [0, 0.05) is 0 Å². The molecule has 0 bridgehead atoms. The lowest BCUT2D eigenvalue weighted by Crippen LogP contribution is -2.37. The van der Waals surface area contributed by atoms with Crippen LogP contribution in [-0.2, 0) is 14.3 Å². The van der Waals surface area contributed by atoms with Gasteiger partial charge < -0.3 is 14.8 Å². The molecule has 5 nitrogen and oxygen atoms in total. The van der Waals surface area contributed by atoms with Crippen molar-refractivity contribution in [2.24, 2.45) is 0 Å². The summed E-state index contributed by atoms with van der Waals surface area (Å²) in [6, 6.07) is 14.1. The largest absolute Gasteiger partial charge is 0.483 e. The standard InChI is InChI=1S/C21H25NO4/c1-14(2)17-11-10-15(3)12-18(17)26-13-19(23)22-20(21(24)25-4)16-8-6-5-7-9-16/h5-12,14,20H,13H2,1-4H3,(H,22,23). The van der Waals surface area contributed by atoms with Crippen LogP contribution in [0.25, 0.3) is 0 Å². The molecule has 2 rings (SSSR count). The maximum absolute atomic E-state index is 12.3. The van der Waals surface area contributed by atoms with E-state index >= 15 is 0 Å². The highest BCUT2D eigenvalue weighted by atomic mass is 16.5. The van der Waals surface area contributed by atoms with Crippen molar-refractivity contribution in [3.63, 3.8) is 0 Å². The Bertz CT molecular complexity index is 756. The van der Waals surface area contributed by atoms with Crippen LogP contribution in [0.3, 0.4) is 0 Å². The van der Waals surface area contributed by atoms with Crippen molar-refractivity contribution in [1.82, 2.24) is 5.32 Å². The van der Waals surface area contributed by atoms with Gasteiger partial charge in [0.05, 0.1) is 7.11 Å². The number of hydrogen-bond donors (Lipinski definition) is 1. The summed E-state index contributed by atoms with van der Waals surface area (Å²) in [7, 11) is 1.29. The Kier molecular flexibility index (Phi) is 6.78. The quantitative estimate of drug-likeness (QED) is 0.772. The zero-order valence-electron chi connectivity index (χ0n) is 15.6. The molecule has 0 aliphatic carbocycles. The first-order chi connectivity index (χ1) is 12.4. The molecule has 2 aromatic carbocycles. The van der Waals surface area contributed by atoms with Gasteiger partial charge in [-0.3, -0.25) is 4.79 Å². The lowest BCUT2D eigenvalue weighted by atomic mass is 10.0. The normalized spacial score (nSPS) is 11.7. The first-order valence-electron chi connectivity index (χ1n) is 8.58. The summed E-state index contributed by atoms with van der Waals surface area (Å²) in [6.07, 6.45) is 0. The zero-order chi connectivity index (χ0) is 19.1. The molecule has 1 unspecified atom stereocenters. The predicted octanol–water partition coefficient (Wildman–Crippen LogP) is 3.53. The van der Waals surface area contributed by atoms with Crippen molar-refractivity contribution in [2.75, 3.05) is 13.7 Å². The fourth-order valence-electron chi connectivity index (χ4n) is 2.63. The van der Waals surface area contributed by atoms with E-state index in [1.807, 2.05) is 31.2 Å². The summed E-state index contributed by atoms with van der Waals surface area (Å²) in [6.45, 7) is 5.93. The molecular weight excluding hydrogens is 330 g/mol. The molecule has 1 N–H and O–H groups in total. The highest BCUT2D eigenvalue weighted by Gasteiger charge is 2.23. The first kappa shape index (κ1) is 19.5. The van der Waals surface area contributed by atoms with Crippen LogP contribution in [0.1, 0.15) is 42.5 Å². The maximum atomic E-state index is 12.3. The molecule has 1 atom stereocenters. The third-order valence-electron chi connectivity index (χ3n) is 4.02. The predicted molar refractivity (Wildman–Crippen MR) is 100 cm³/mol. The summed E-state index contributed by atoms with van der Waals surface area (Å²) in [4.78, 5) is 24.4. The van der Waals surface area contributed by atoms with E-state index in [4.69, 9.17) is 9.47 Å². The topological polar surface area (TPSA) is 64.6 Å². The van der Waals surface area contributed by atoms with Crippen molar-refractivity contribution in [3.05, 3.63) is 65.2 Å². The molecule has 2 aromatic rings. The second-order valence-electron chi connectivity index (χ2n) is 6.42. The number of methoxy groups -OCH3 is 1. The van der Waals surface area contributed by atoms with Crippen molar-refractivity contribution in [2.45, 2.75) is 32.7 Å². The number of hydrogen-bond acceptors (Lipinski definition) is 4. The summed E-state index contributed by atoms with van der Waals surface area (Å²) >= 11 is 0. The van der Waals surface area contributed by atoms with Gasteiger partial charge in [-0.25, -0.2) is 4.79 Å². The van der Waals surface area contributed by atoms with Crippen molar-refractivity contribution < 1.29 is 19.1 Å². The molecule has 0 aliphatic heterocycles. The number of nitrogens with one attached hydrogen (secondary N) is 1. The lowest BCUT2D eigenvalue weighted by molar-refractivity contribution is -0.145. The third-order valence-corrected chi connectivity index (χ3v) is 4.02. The number of carbonyl (C=O) groups excluding carboxylic acids is 2. The van der Waals surface area contributed by atoms with Gasteiger partial charge in [-0.2, -0.15) is 0 Å². The number of carbonyl (C=O) groups is 2. The molecular formula is C21H25NO4. The monoisotopic (exact) mass is 355 g/mol.